The molecule has 0 unspecified atom stereocenters. The van der Waals surface area contributed by atoms with Crippen molar-refractivity contribution in [1.29, 1.82) is 0 Å². The number of anilines is 1. The molecule has 0 spiro atoms. The van der Waals surface area contributed by atoms with Gasteiger partial charge in [0, 0.05) is 25.7 Å². The highest BCUT2D eigenvalue weighted by Gasteiger charge is 2.24. The third-order valence-corrected chi connectivity index (χ3v) is 3.68. The summed E-state index contributed by atoms with van der Waals surface area (Å²) in [5, 5.41) is 13.8. The van der Waals surface area contributed by atoms with E-state index in [4.69, 9.17) is 0 Å². The molecule has 90 valence electrons. The van der Waals surface area contributed by atoms with Crippen LogP contribution in [0.1, 0.15) is 36.9 Å². The molecule has 2 rings (SSSR count). The molecule has 16 heavy (non-hydrogen) atoms. The molecule has 1 saturated carbocycles. The average Bonchev–Trinajstić information content (AvgIpc) is 2.84. The van der Waals surface area contributed by atoms with Crippen molar-refractivity contribution < 1.29 is 5.11 Å². The molecule has 0 aliphatic heterocycles. The number of aryl methyl sites for hydroxylation is 2. The first-order chi connectivity index (χ1) is 7.65. The van der Waals surface area contributed by atoms with Gasteiger partial charge in [-0.3, -0.25) is 4.68 Å². The van der Waals surface area contributed by atoms with Gasteiger partial charge in [-0.25, -0.2) is 0 Å². The highest BCUT2D eigenvalue weighted by molar-refractivity contribution is 5.50. The van der Waals surface area contributed by atoms with Gasteiger partial charge in [-0.15, -0.1) is 0 Å². The first-order valence-corrected chi connectivity index (χ1v) is 6.01. The molecule has 0 radical (unpaired) electrons. The van der Waals surface area contributed by atoms with E-state index in [1.807, 2.05) is 18.7 Å². The molecule has 0 saturated heterocycles. The van der Waals surface area contributed by atoms with Crippen LogP contribution < -0.4 is 4.90 Å². The SMILES string of the molecule is Cc1nn(C)c(N(C)C2CCCC2)c1CO. The van der Waals surface area contributed by atoms with E-state index >= 15 is 0 Å². The second-order valence-corrected chi connectivity index (χ2v) is 4.72. The van der Waals surface area contributed by atoms with Crippen LogP contribution in [0.25, 0.3) is 0 Å². The maximum Gasteiger partial charge on any atom is 0.132 e. The van der Waals surface area contributed by atoms with Crippen molar-refractivity contribution in [2.24, 2.45) is 7.05 Å². The molecule has 1 aromatic heterocycles. The Morgan fingerprint density at radius 3 is 2.62 bits per heavy atom. The molecule has 1 heterocycles. The monoisotopic (exact) mass is 223 g/mol. The average molecular weight is 223 g/mol. The number of aliphatic hydroxyl groups is 1. The number of aromatic nitrogens is 2. The largest absolute Gasteiger partial charge is 0.391 e. The Morgan fingerprint density at radius 2 is 2.06 bits per heavy atom. The van der Waals surface area contributed by atoms with Crippen molar-refractivity contribution >= 4 is 5.82 Å². The summed E-state index contributed by atoms with van der Waals surface area (Å²) in [6.07, 6.45) is 5.15. The van der Waals surface area contributed by atoms with E-state index in [9.17, 15) is 5.11 Å². The van der Waals surface area contributed by atoms with Crippen LogP contribution in [-0.2, 0) is 13.7 Å². The predicted molar refractivity (Wildman–Crippen MR) is 64.5 cm³/mol. The molecule has 1 aliphatic carbocycles. The molecule has 1 N–H and O–H groups in total. The number of hydrogen-bond donors (Lipinski definition) is 1. The van der Waals surface area contributed by atoms with Crippen molar-refractivity contribution in [3.63, 3.8) is 0 Å². The molecule has 1 aromatic rings. The Morgan fingerprint density at radius 1 is 1.44 bits per heavy atom. The fourth-order valence-corrected chi connectivity index (χ4v) is 2.78. The van der Waals surface area contributed by atoms with E-state index in [2.05, 4.69) is 17.0 Å². The molecule has 4 heteroatoms. The lowest BCUT2D eigenvalue weighted by Crippen LogP contribution is -2.31. The normalized spacial score (nSPS) is 17.0. The Bertz CT molecular complexity index is 367. The fourth-order valence-electron chi connectivity index (χ4n) is 2.78. The highest BCUT2D eigenvalue weighted by Crippen LogP contribution is 2.30. The van der Waals surface area contributed by atoms with Crippen LogP contribution >= 0.6 is 0 Å². The fraction of sp³-hybridized carbons (Fsp3) is 0.750. The van der Waals surface area contributed by atoms with Gasteiger partial charge in [0.15, 0.2) is 0 Å². The summed E-state index contributed by atoms with van der Waals surface area (Å²) in [5.41, 5.74) is 1.90. The van der Waals surface area contributed by atoms with Gasteiger partial charge in [0.1, 0.15) is 5.82 Å². The van der Waals surface area contributed by atoms with Gasteiger partial charge in [-0.05, 0) is 19.8 Å². The second kappa shape index (κ2) is 4.45. The summed E-state index contributed by atoms with van der Waals surface area (Å²) in [6, 6.07) is 0.611. The van der Waals surface area contributed by atoms with Crippen molar-refractivity contribution in [2.75, 3.05) is 11.9 Å². The Hall–Kier alpha value is -1.03. The number of hydrogen-bond acceptors (Lipinski definition) is 3. The smallest absolute Gasteiger partial charge is 0.132 e. The maximum absolute atomic E-state index is 9.42. The number of rotatable bonds is 3. The molecule has 1 aliphatic rings. The summed E-state index contributed by atoms with van der Waals surface area (Å²) >= 11 is 0. The molecule has 0 bridgehead atoms. The Balaban J connectivity index is 2.30. The van der Waals surface area contributed by atoms with Crippen LogP contribution in [0.4, 0.5) is 5.82 Å². The zero-order valence-electron chi connectivity index (χ0n) is 10.4. The zero-order chi connectivity index (χ0) is 11.7. The molecule has 4 nitrogen and oxygen atoms in total. The minimum Gasteiger partial charge on any atom is -0.391 e. The van der Waals surface area contributed by atoms with E-state index in [1.165, 1.54) is 25.7 Å². The van der Waals surface area contributed by atoms with Gasteiger partial charge in [0.2, 0.25) is 0 Å². The minimum absolute atomic E-state index is 0.0755. The first kappa shape index (κ1) is 11.5. The van der Waals surface area contributed by atoms with Crippen LogP contribution in [-0.4, -0.2) is 28.0 Å². The molecule has 0 aromatic carbocycles. The summed E-state index contributed by atoms with van der Waals surface area (Å²) < 4.78 is 1.89. The van der Waals surface area contributed by atoms with E-state index in [0.29, 0.717) is 6.04 Å². The third kappa shape index (κ3) is 1.82. The quantitative estimate of drug-likeness (QED) is 0.846. The number of nitrogens with zero attached hydrogens (tertiary/aromatic N) is 3. The molecule has 1 fully saturated rings. The van der Waals surface area contributed by atoms with Crippen LogP contribution in [0.3, 0.4) is 0 Å². The first-order valence-electron chi connectivity index (χ1n) is 6.01. The predicted octanol–water partition coefficient (Wildman–Crippen LogP) is 1.60. The summed E-state index contributed by atoms with van der Waals surface area (Å²) in [5.74, 6) is 1.08. The lowest BCUT2D eigenvalue weighted by Gasteiger charge is -2.27. The molecule has 0 atom stereocenters. The van der Waals surface area contributed by atoms with Gasteiger partial charge in [0.25, 0.3) is 0 Å². The zero-order valence-corrected chi connectivity index (χ0v) is 10.4. The summed E-state index contributed by atoms with van der Waals surface area (Å²) in [6.45, 7) is 2.03. The Kier molecular flexibility index (Phi) is 3.19. The van der Waals surface area contributed by atoms with E-state index in [1.54, 1.807) is 0 Å². The third-order valence-electron chi connectivity index (χ3n) is 3.68. The van der Waals surface area contributed by atoms with Crippen molar-refractivity contribution in [3.05, 3.63) is 11.3 Å². The topological polar surface area (TPSA) is 41.3 Å². The summed E-state index contributed by atoms with van der Waals surface area (Å²) in [7, 11) is 4.07. The van der Waals surface area contributed by atoms with Gasteiger partial charge >= 0.3 is 0 Å². The highest BCUT2D eigenvalue weighted by atomic mass is 16.3. The van der Waals surface area contributed by atoms with Gasteiger partial charge in [-0.2, -0.15) is 5.10 Å². The lowest BCUT2D eigenvalue weighted by molar-refractivity contribution is 0.281. The second-order valence-electron chi connectivity index (χ2n) is 4.72. The van der Waals surface area contributed by atoms with E-state index < -0.39 is 0 Å². The molecular weight excluding hydrogens is 202 g/mol. The van der Waals surface area contributed by atoms with E-state index in [0.717, 1.165) is 17.1 Å². The lowest BCUT2D eigenvalue weighted by atomic mass is 10.2. The maximum atomic E-state index is 9.42. The van der Waals surface area contributed by atoms with Gasteiger partial charge in [-0.1, -0.05) is 12.8 Å². The van der Waals surface area contributed by atoms with Crippen molar-refractivity contribution in [2.45, 2.75) is 45.3 Å². The van der Waals surface area contributed by atoms with Crippen LogP contribution in [0.5, 0.6) is 0 Å². The van der Waals surface area contributed by atoms with Crippen LogP contribution in [0.2, 0.25) is 0 Å². The standard InChI is InChI=1S/C12H21N3O/c1-9-11(8-16)12(15(3)13-9)14(2)10-6-4-5-7-10/h10,16H,4-8H2,1-3H3. The van der Waals surface area contributed by atoms with E-state index in [-0.39, 0.29) is 6.61 Å². The van der Waals surface area contributed by atoms with Crippen LogP contribution in [0.15, 0.2) is 0 Å². The van der Waals surface area contributed by atoms with Crippen molar-refractivity contribution in [3.8, 4) is 0 Å². The molecular formula is C12H21N3O. The van der Waals surface area contributed by atoms with Crippen LogP contribution in [0, 0.1) is 6.92 Å². The van der Waals surface area contributed by atoms with Gasteiger partial charge in [0.05, 0.1) is 12.3 Å². The Labute approximate surface area is 96.9 Å². The molecule has 0 amide bonds. The minimum atomic E-state index is 0.0755. The van der Waals surface area contributed by atoms with Crippen molar-refractivity contribution in [1.82, 2.24) is 9.78 Å². The van der Waals surface area contributed by atoms with Gasteiger partial charge < -0.3 is 10.0 Å². The summed E-state index contributed by atoms with van der Waals surface area (Å²) in [4.78, 5) is 2.29. The number of aliphatic hydroxyl groups excluding tert-OH is 1.